The summed E-state index contributed by atoms with van der Waals surface area (Å²) in [4.78, 5) is 20.2. The summed E-state index contributed by atoms with van der Waals surface area (Å²) in [7, 11) is 0. The van der Waals surface area contributed by atoms with Gasteiger partial charge >= 0.3 is 0 Å². The topological polar surface area (TPSA) is 54.9 Å². The minimum absolute atomic E-state index is 0.195. The minimum Gasteiger partial charge on any atom is -0.377 e. The summed E-state index contributed by atoms with van der Waals surface area (Å²) in [5.41, 5.74) is -0.213. The molecule has 0 unspecified atom stereocenters. The van der Waals surface area contributed by atoms with Crippen molar-refractivity contribution in [2.45, 2.75) is 25.5 Å². The molecule has 0 saturated carbocycles. The van der Waals surface area contributed by atoms with Gasteiger partial charge < -0.3 is 14.4 Å². The van der Waals surface area contributed by atoms with Gasteiger partial charge in [0, 0.05) is 43.5 Å². The number of nitrogens with zero attached hydrogens (tertiary/aromatic N) is 3. The molecule has 2 aliphatic rings. The zero-order valence-corrected chi connectivity index (χ0v) is 14.2. The van der Waals surface area contributed by atoms with Crippen LogP contribution in [0.5, 0.6) is 0 Å². The molecule has 1 amide bonds. The Hall–Kier alpha value is -1.57. The Morgan fingerprint density at radius 2 is 2.17 bits per heavy atom. The third kappa shape index (κ3) is 3.74. The van der Waals surface area contributed by atoms with Crippen LogP contribution in [0.25, 0.3) is 0 Å². The van der Waals surface area contributed by atoms with Crippen LogP contribution in [0.2, 0.25) is 0 Å². The van der Waals surface area contributed by atoms with Gasteiger partial charge in [0.2, 0.25) is 5.95 Å². The van der Waals surface area contributed by atoms with Gasteiger partial charge in [0.05, 0.1) is 26.4 Å². The Labute approximate surface area is 141 Å². The molecule has 1 aromatic rings. The van der Waals surface area contributed by atoms with Gasteiger partial charge in [-0.3, -0.25) is 9.69 Å². The maximum Gasteiger partial charge on any atom is 0.254 e. The second-order valence-electron chi connectivity index (χ2n) is 6.74. The quantitative estimate of drug-likeness (QED) is 0.759. The lowest BCUT2D eigenvalue weighted by Gasteiger charge is -2.44. The van der Waals surface area contributed by atoms with Gasteiger partial charge in [0.15, 0.2) is 0 Å². The van der Waals surface area contributed by atoms with Gasteiger partial charge in [-0.05, 0) is 19.9 Å². The molecule has 0 aliphatic carbocycles. The van der Waals surface area contributed by atoms with Crippen molar-refractivity contribution in [1.82, 2.24) is 14.8 Å². The fourth-order valence-corrected chi connectivity index (χ4v) is 3.29. The summed E-state index contributed by atoms with van der Waals surface area (Å²) in [6.07, 6.45) is 1.31. The van der Waals surface area contributed by atoms with E-state index in [0.29, 0.717) is 44.5 Å². The smallest absolute Gasteiger partial charge is 0.254 e. The molecule has 0 N–H and O–H groups in total. The molecule has 2 fully saturated rings. The van der Waals surface area contributed by atoms with Gasteiger partial charge in [-0.1, -0.05) is 0 Å². The van der Waals surface area contributed by atoms with Crippen molar-refractivity contribution in [3.8, 4) is 0 Å². The fraction of sp³-hybridized carbons (Fsp3) is 0.647. The van der Waals surface area contributed by atoms with Crippen molar-refractivity contribution in [3.05, 3.63) is 29.8 Å². The second-order valence-corrected chi connectivity index (χ2v) is 6.74. The highest BCUT2D eigenvalue weighted by Gasteiger charge is 2.42. The maximum atomic E-state index is 13.3. The monoisotopic (exact) mass is 337 g/mol. The lowest BCUT2D eigenvalue weighted by molar-refractivity contribution is -0.134. The lowest BCUT2D eigenvalue weighted by atomic mass is 10.0. The first-order chi connectivity index (χ1) is 11.5. The van der Waals surface area contributed by atoms with Gasteiger partial charge in [0.25, 0.3) is 5.91 Å². The molecule has 0 radical (unpaired) electrons. The molecule has 7 heteroatoms. The number of pyridine rings is 1. The molecule has 24 heavy (non-hydrogen) atoms. The zero-order chi connectivity index (χ0) is 17.2. The highest BCUT2D eigenvalue weighted by atomic mass is 19.1. The highest BCUT2D eigenvalue weighted by Crippen LogP contribution is 2.24. The molecule has 1 atom stereocenters. The van der Waals surface area contributed by atoms with Crippen molar-refractivity contribution in [1.29, 1.82) is 0 Å². The van der Waals surface area contributed by atoms with Crippen LogP contribution in [0.3, 0.4) is 0 Å². The first-order valence-electron chi connectivity index (χ1n) is 8.36. The fourth-order valence-electron chi connectivity index (χ4n) is 3.29. The van der Waals surface area contributed by atoms with Gasteiger partial charge in [-0.25, -0.2) is 4.98 Å². The number of morpholine rings is 1. The van der Waals surface area contributed by atoms with Crippen molar-refractivity contribution >= 4 is 5.91 Å². The van der Waals surface area contributed by atoms with Crippen LogP contribution in [0, 0.1) is 5.95 Å². The van der Waals surface area contributed by atoms with E-state index in [2.05, 4.69) is 23.7 Å². The number of halogens is 1. The molecule has 6 nitrogen and oxygen atoms in total. The summed E-state index contributed by atoms with van der Waals surface area (Å²) in [6, 6.07) is 3.10. The third-order valence-corrected chi connectivity index (χ3v) is 4.62. The number of carbonyl (C=O) groups is 1. The molecular formula is C17H24FN3O3. The minimum atomic E-state index is -0.646. The van der Waals surface area contributed by atoms with Crippen LogP contribution >= 0.6 is 0 Å². The number of carbonyl (C=O) groups excluding carboxylic acids is 1. The van der Waals surface area contributed by atoms with E-state index in [1.807, 2.05) is 0 Å². The highest BCUT2D eigenvalue weighted by molar-refractivity contribution is 5.94. The average molecular weight is 337 g/mol. The molecule has 0 aromatic carbocycles. The van der Waals surface area contributed by atoms with Crippen LogP contribution in [-0.2, 0) is 9.47 Å². The number of ether oxygens (including phenoxy) is 2. The Balaban J connectivity index is 1.76. The summed E-state index contributed by atoms with van der Waals surface area (Å²) in [5.74, 6) is -0.841. The SMILES string of the molecule is CC(C)N1CCOC[C@]2(CN(C(=O)c3ccnc(F)c3)CCO2)C1. The number of hydrogen-bond donors (Lipinski definition) is 0. The summed E-state index contributed by atoms with van der Waals surface area (Å²) in [5, 5.41) is 0. The van der Waals surface area contributed by atoms with E-state index in [0.717, 1.165) is 13.1 Å². The van der Waals surface area contributed by atoms with Gasteiger partial charge in [-0.2, -0.15) is 4.39 Å². The third-order valence-electron chi connectivity index (χ3n) is 4.62. The number of amides is 1. The molecule has 0 bridgehead atoms. The van der Waals surface area contributed by atoms with Crippen molar-refractivity contribution in [2.24, 2.45) is 0 Å². The molecule has 132 valence electrons. The Morgan fingerprint density at radius 1 is 1.33 bits per heavy atom. The predicted molar refractivity (Wildman–Crippen MR) is 86.3 cm³/mol. The summed E-state index contributed by atoms with van der Waals surface area (Å²) in [6.45, 7) is 8.37. The normalized spacial score (nSPS) is 25.9. The predicted octanol–water partition coefficient (Wildman–Crippen LogP) is 1.17. The van der Waals surface area contributed by atoms with Crippen LogP contribution in [0.4, 0.5) is 4.39 Å². The van der Waals surface area contributed by atoms with E-state index in [-0.39, 0.29) is 5.91 Å². The molecule has 3 rings (SSSR count). The standard InChI is InChI=1S/C17H24FN3O3/c1-13(2)20-5-7-23-12-17(10-20)11-21(6-8-24-17)16(22)14-3-4-19-15(18)9-14/h3-4,9,13H,5-8,10-12H2,1-2H3/t17-/m1/s1. The van der Waals surface area contributed by atoms with E-state index in [4.69, 9.17) is 9.47 Å². The van der Waals surface area contributed by atoms with Crippen LogP contribution in [0.15, 0.2) is 18.3 Å². The molecule has 1 aromatic heterocycles. The van der Waals surface area contributed by atoms with Gasteiger partial charge in [0.1, 0.15) is 5.60 Å². The molecule has 1 spiro atoms. The number of hydrogen-bond acceptors (Lipinski definition) is 5. The van der Waals surface area contributed by atoms with Crippen LogP contribution in [0.1, 0.15) is 24.2 Å². The zero-order valence-electron chi connectivity index (χ0n) is 14.2. The van der Waals surface area contributed by atoms with Gasteiger partial charge in [-0.15, -0.1) is 0 Å². The maximum absolute atomic E-state index is 13.3. The summed E-state index contributed by atoms with van der Waals surface area (Å²) >= 11 is 0. The van der Waals surface area contributed by atoms with E-state index >= 15 is 0 Å². The molecule has 2 aliphatic heterocycles. The van der Waals surface area contributed by atoms with E-state index in [9.17, 15) is 9.18 Å². The Bertz CT molecular complexity index is 598. The largest absolute Gasteiger partial charge is 0.377 e. The van der Waals surface area contributed by atoms with E-state index < -0.39 is 11.5 Å². The Kier molecular flexibility index (Phi) is 5.12. The molecule has 2 saturated heterocycles. The first kappa shape index (κ1) is 17.3. The van der Waals surface area contributed by atoms with E-state index in [1.165, 1.54) is 18.3 Å². The number of aromatic nitrogens is 1. The first-order valence-corrected chi connectivity index (χ1v) is 8.36. The molecule has 3 heterocycles. The van der Waals surface area contributed by atoms with E-state index in [1.54, 1.807) is 4.90 Å². The Morgan fingerprint density at radius 3 is 2.92 bits per heavy atom. The van der Waals surface area contributed by atoms with Crippen molar-refractivity contribution in [3.63, 3.8) is 0 Å². The second kappa shape index (κ2) is 7.13. The molecular weight excluding hydrogens is 313 g/mol. The van der Waals surface area contributed by atoms with Crippen molar-refractivity contribution < 1.29 is 18.7 Å². The summed E-state index contributed by atoms with van der Waals surface area (Å²) < 4.78 is 25.1. The lowest BCUT2D eigenvalue weighted by Crippen LogP contribution is -2.60. The number of rotatable bonds is 2. The average Bonchev–Trinajstić information content (AvgIpc) is 2.77. The van der Waals surface area contributed by atoms with Crippen LogP contribution < -0.4 is 0 Å². The van der Waals surface area contributed by atoms with Crippen molar-refractivity contribution in [2.75, 3.05) is 46.0 Å². The van der Waals surface area contributed by atoms with Crippen LogP contribution in [-0.4, -0.2) is 78.3 Å².